The van der Waals surface area contributed by atoms with Crippen LogP contribution < -0.4 is 5.32 Å². The van der Waals surface area contributed by atoms with Crippen molar-refractivity contribution < 1.29 is 19.4 Å². The number of amides is 2. The largest absolute Gasteiger partial charge is 0.481 e. The van der Waals surface area contributed by atoms with Crippen LogP contribution in [-0.2, 0) is 9.53 Å². The Kier molecular flexibility index (Phi) is 6.68. The van der Waals surface area contributed by atoms with E-state index in [0.717, 1.165) is 5.57 Å². The van der Waals surface area contributed by atoms with Crippen molar-refractivity contribution in [3.63, 3.8) is 0 Å². The first kappa shape index (κ1) is 17.5. The average molecular weight is 298 g/mol. The Bertz CT molecular complexity index is 387. The van der Waals surface area contributed by atoms with Crippen LogP contribution in [0.3, 0.4) is 0 Å². The fourth-order valence-corrected chi connectivity index (χ4v) is 2.44. The topological polar surface area (TPSA) is 78.9 Å². The van der Waals surface area contributed by atoms with E-state index < -0.39 is 11.4 Å². The lowest BCUT2D eigenvalue weighted by Gasteiger charge is -2.38. The van der Waals surface area contributed by atoms with Gasteiger partial charge in [0.15, 0.2) is 0 Å². The van der Waals surface area contributed by atoms with E-state index in [1.54, 1.807) is 4.90 Å². The predicted molar refractivity (Wildman–Crippen MR) is 80.2 cm³/mol. The number of carbonyl (C=O) groups excluding carboxylic acids is 1. The molecule has 21 heavy (non-hydrogen) atoms. The molecule has 0 unspecified atom stereocenters. The zero-order chi connectivity index (χ0) is 15.9. The first-order valence-corrected chi connectivity index (χ1v) is 7.39. The van der Waals surface area contributed by atoms with Crippen molar-refractivity contribution in [2.24, 2.45) is 5.41 Å². The van der Waals surface area contributed by atoms with Crippen molar-refractivity contribution >= 4 is 12.0 Å². The van der Waals surface area contributed by atoms with E-state index in [9.17, 15) is 14.7 Å². The third-order valence-electron chi connectivity index (χ3n) is 4.01. The fourth-order valence-electron chi connectivity index (χ4n) is 2.44. The number of carboxylic acid groups (broad SMARTS) is 1. The first-order valence-electron chi connectivity index (χ1n) is 7.39. The lowest BCUT2D eigenvalue weighted by molar-refractivity contribution is -0.151. The number of likely N-dealkylation sites (tertiary alicyclic amines) is 1. The highest BCUT2D eigenvalue weighted by Gasteiger charge is 2.40. The smallest absolute Gasteiger partial charge is 0.317 e. The van der Waals surface area contributed by atoms with E-state index in [1.165, 1.54) is 0 Å². The Hall–Kier alpha value is -1.56. The first-order chi connectivity index (χ1) is 9.91. The van der Waals surface area contributed by atoms with Gasteiger partial charge in [0.25, 0.3) is 0 Å². The molecule has 0 radical (unpaired) electrons. The van der Waals surface area contributed by atoms with Crippen molar-refractivity contribution in [2.45, 2.75) is 33.1 Å². The normalized spacial score (nSPS) is 17.3. The molecule has 6 heteroatoms. The number of aliphatic carboxylic acids is 1. The summed E-state index contributed by atoms with van der Waals surface area (Å²) in [6.07, 6.45) is 1.63. The van der Waals surface area contributed by atoms with Gasteiger partial charge in [-0.2, -0.15) is 0 Å². The minimum absolute atomic E-state index is 0.149. The summed E-state index contributed by atoms with van der Waals surface area (Å²) >= 11 is 0. The summed E-state index contributed by atoms with van der Waals surface area (Å²) in [6.45, 7) is 9.86. The van der Waals surface area contributed by atoms with Gasteiger partial charge in [-0.1, -0.05) is 19.1 Å². The molecule has 0 bridgehead atoms. The summed E-state index contributed by atoms with van der Waals surface area (Å²) in [5.41, 5.74) is 0.281. The Labute approximate surface area is 126 Å². The predicted octanol–water partition coefficient (Wildman–Crippen LogP) is 1.87. The van der Waals surface area contributed by atoms with Crippen LogP contribution in [-0.4, -0.2) is 54.9 Å². The van der Waals surface area contributed by atoms with Gasteiger partial charge in [-0.3, -0.25) is 4.79 Å². The van der Waals surface area contributed by atoms with Crippen LogP contribution in [0.15, 0.2) is 12.2 Å². The lowest BCUT2D eigenvalue weighted by Crippen LogP contribution is -2.49. The van der Waals surface area contributed by atoms with Crippen LogP contribution in [0.5, 0.6) is 0 Å². The number of nitrogens with zero attached hydrogens (tertiary/aromatic N) is 1. The number of nitrogens with one attached hydrogen (secondary N) is 1. The molecule has 1 aliphatic heterocycles. The number of carbonyl (C=O) groups is 2. The summed E-state index contributed by atoms with van der Waals surface area (Å²) in [4.78, 5) is 25.0. The molecule has 120 valence electrons. The number of hydrogen-bond acceptors (Lipinski definition) is 3. The number of hydrogen-bond donors (Lipinski definition) is 2. The van der Waals surface area contributed by atoms with Crippen LogP contribution in [0.1, 0.15) is 33.1 Å². The third-order valence-corrected chi connectivity index (χ3v) is 4.01. The van der Waals surface area contributed by atoms with Gasteiger partial charge in [-0.15, -0.1) is 0 Å². The lowest BCUT2D eigenvalue weighted by atomic mass is 9.76. The van der Waals surface area contributed by atoms with E-state index >= 15 is 0 Å². The summed E-state index contributed by atoms with van der Waals surface area (Å²) in [5, 5.41) is 12.1. The molecule has 0 aromatic heterocycles. The van der Waals surface area contributed by atoms with Gasteiger partial charge in [0.1, 0.15) is 0 Å². The van der Waals surface area contributed by atoms with Gasteiger partial charge in [0.2, 0.25) is 0 Å². The standard InChI is InChI=1S/C15H26N2O4/c1-4-15(13(18)19)5-8-17(9-6-15)14(20)16-7-10-21-11-12(2)3/h2,4-11H2,1,3H3,(H,16,20)(H,18,19). The molecular weight excluding hydrogens is 272 g/mol. The average Bonchev–Trinajstić information content (AvgIpc) is 2.46. The molecule has 2 N–H and O–H groups in total. The van der Waals surface area contributed by atoms with Crippen LogP contribution in [0.4, 0.5) is 4.79 Å². The second-order valence-corrected chi connectivity index (χ2v) is 5.67. The SMILES string of the molecule is C=C(C)COCCNC(=O)N1CCC(CC)(C(=O)O)CC1. The molecule has 6 nitrogen and oxygen atoms in total. The van der Waals surface area contributed by atoms with Gasteiger partial charge in [-0.05, 0) is 26.2 Å². The summed E-state index contributed by atoms with van der Waals surface area (Å²) in [7, 11) is 0. The highest BCUT2D eigenvalue weighted by atomic mass is 16.5. The second-order valence-electron chi connectivity index (χ2n) is 5.67. The van der Waals surface area contributed by atoms with Crippen molar-refractivity contribution in [3.8, 4) is 0 Å². The molecule has 1 rings (SSSR count). The van der Waals surface area contributed by atoms with Gasteiger partial charge < -0.3 is 20.1 Å². The van der Waals surface area contributed by atoms with Crippen LogP contribution in [0.25, 0.3) is 0 Å². The number of rotatable bonds is 7. The summed E-state index contributed by atoms with van der Waals surface area (Å²) < 4.78 is 5.30. The van der Waals surface area contributed by atoms with Gasteiger partial charge in [0, 0.05) is 19.6 Å². The molecule has 1 saturated heterocycles. The Balaban J connectivity index is 2.29. The number of piperidine rings is 1. The minimum Gasteiger partial charge on any atom is -0.481 e. The van der Waals surface area contributed by atoms with Crippen LogP contribution in [0, 0.1) is 5.41 Å². The maximum atomic E-state index is 12.0. The highest BCUT2D eigenvalue weighted by Crippen LogP contribution is 2.35. The van der Waals surface area contributed by atoms with Crippen molar-refractivity contribution in [3.05, 3.63) is 12.2 Å². The van der Waals surface area contributed by atoms with Gasteiger partial charge >= 0.3 is 12.0 Å². The maximum absolute atomic E-state index is 12.0. The molecule has 0 spiro atoms. The van der Waals surface area contributed by atoms with E-state index in [4.69, 9.17) is 4.74 Å². The van der Waals surface area contributed by atoms with Gasteiger partial charge in [-0.25, -0.2) is 4.79 Å². The molecule has 1 aliphatic rings. The summed E-state index contributed by atoms with van der Waals surface area (Å²) in [6, 6.07) is -0.149. The second kappa shape index (κ2) is 8.02. The van der Waals surface area contributed by atoms with Crippen LogP contribution in [0.2, 0.25) is 0 Å². The molecule has 0 aromatic rings. The number of urea groups is 1. The Morgan fingerprint density at radius 2 is 2.00 bits per heavy atom. The molecule has 0 saturated carbocycles. The molecular formula is C15H26N2O4. The fraction of sp³-hybridized carbons (Fsp3) is 0.733. The third kappa shape index (κ3) is 5.04. The monoisotopic (exact) mass is 298 g/mol. The molecule has 1 fully saturated rings. The summed E-state index contributed by atoms with van der Waals surface area (Å²) in [5.74, 6) is -0.752. The quantitative estimate of drug-likeness (QED) is 0.555. The maximum Gasteiger partial charge on any atom is 0.317 e. The van der Waals surface area contributed by atoms with E-state index in [1.807, 2.05) is 13.8 Å². The number of ether oxygens (including phenoxy) is 1. The molecule has 2 amide bonds. The van der Waals surface area contributed by atoms with Gasteiger partial charge in [0.05, 0.1) is 18.6 Å². The van der Waals surface area contributed by atoms with Crippen LogP contribution >= 0.6 is 0 Å². The Morgan fingerprint density at radius 1 is 1.38 bits per heavy atom. The molecule has 0 atom stereocenters. The van der Waals surface area contributed by atoms with E-state index in [2.05, 4.69) is 11.9 Å². The highest BCUT2D eigenvalue weighted by molar-refractivity contribution is 5.77. The van der Waals surface area contributed by atoms with E-state index in [0.29, 0.717) is 52.1 Å². The Morgan fingerprint density at radius 3 is 2.48 bits per heavy atom. The molecule has 0 aliphatic carbocycles. The minimum atomic E-state index is -0.752. The molecule has 0 aromatic carbocycles. The number of carboxylic acids is 1. The van der Waals surface area contributed by atoms with E-state index in [-0.39, 0.29) is 6.03 Å². The van der Waals surface area contributed by atoms with Crippen molar-refractivity contribution in [2.75, 3.05) is 32.8 Å². The molecule has 1 heterocycles. The van der Waals surface area contributed by atoms with Crippen molar-refractivity contribution in [1.29, 1.82) is 0 Å². The zero-order valence-corrected chi connectivity index (χ0v) is 13.0. The zero-order valence-electron chi connectivity index (χ0n) is 13.0. The van der Waals surface area contributed by atoms with Crippen molar-refractivity contribution in [1.82, 2.24) is 10.2 Å².